The average molecular weight is 273 g/mol. The van der Waals surface area contributed by atoms with E-state index in [0.29, 0.717) is 6.42 Å². The molecule has 0 saturated carbocycles. The molecule has 6 heteroatoms. The number of rotatable bonds is 6. The van der Waals surface area contributed by atoms with Gasteiger partial charge in [0, 0.05) is 6.42 Å². The second kappa shape index (κ2) is 6.49. The SMILES string of the molecule is CCCCCC(=O)Nc1ccccc1S(=O)(=O)F. The van der Waals surface area contributed by atoms with Gasteiger partial charge in [0.05, 0.1) is 5.69 Å². The number of nitrogens with one attached hydrogen (secondary N) is 1. The fourth-order valence-corrected chi connectivity index (χ4v) is 2.15. The third kappa shape index (κ3) is 4.44. The summed E-state index contributed by atoms with van der Waals surface area (Å²) in [5.74, 6) is -0.306. The van der Waals surface area contributed by atoms with Crippen LogP contribution in [-0.2, 0) is 15.0 Å². The van der Waals surface area contributed by atoms with Gasteiger partial charge in [0.2, 0.25) is 5.91 Å². The number of carbonyl (C=O) groups is 1. The van der Waals surface area contributed by atoms with Crippen LogP contribution in [0.3, 0.4) is 0 Å². The van der Waals surface area contributed by atoms with Gasteiger partial charge in [-0.3, -0.25) is 4.79 Å². The zero-order valence-electron chi connectivity index (χ0n) is 10.1. The highest BCUT2D eigenvalue weighted by atomic mass is 32.3. The lowest BCUT2D eigenvalue weighted by Crippen LogP contribution is -2.13. The number of unbranched alkanes of at least 4 members (excludes halogenated alkanes) is 2. The van der Waals surface area contributed by atoms with Crippen LogP contribution in [0.2, 0.25) is 0 Å². The van der Waals surface area contributed by atoms with Crippen molar-refractivity contribution in [2.75, 3.05) is 5.32 Å². The third-order valence-electron chi connectivity index (χ3n) is 2.43. The van der Waals surface area contributed by atoms with Crippen molar-refractivity contribution in [3.8, 4) is 0 Å². The quantitative estimate of drug-likeness (QED) is 0.640. The van der Waals surface area contributed by atoms with E-state index in [1.165, 1.54) is 18.2 Å². The number of carbonyl (C=O) groups excluding carboxylic acids is 1. The van der Waals surface area contributed by atoms with Gasteiger partial charge in [-0.25, -0.2) is 0 Å². The van der Waals surface area contributed by atoms with Crippen LogP contribution in [-0.4, -0.2) is 14.3 Å². The van der Waals surface area contributed by atoms with Gasteiger partial charge < -0.3 is 5.32 Å². The minimum atomic E-state index is -4.82. The van der Waals surface area contributed by atoms with Crippen molar-refractivity contribution < 1.29 is 17.1 Å². The zero-order valence-corrected chi connectivity index (χ0v) is 11.0. The normalized spacial score (nSPS) is 11.2. The summed E-state index contributed by atoms with van der Waals surface area (Å²) in [4.78, 5) is 11.0. The zero-order chi connectivity index (χ0) is 13.6. The van der Waals surface area contributed by atoms with E-state index in [9.17, 15) is 17.1 Å². The molecule has 0 bridgehead atoms. The summed E-state index contributed by atoms with van der Waals surface area (Å²) >= 11 is 0. The summed E-state index contributed by atoms with van der Waals surface area (Å²) < 4.78 is 34.7. The lowest BCUT2D eigenvalue weighted by atomic mass is 10.2. The molecule has 1 rings (SSSR count). The van der Waals surface area contributed by atoms with E-state index < -0.39 is 15.1 Å². The lowest BCUT2D eigenvalue weighted by Gasteiger charge is -2.07. The van der Waals surface area contributed by atoms with E-state index in [1.807, 2.05) is 6.92 Å². The molecule has 0 unspecified atom stereocenters. The highest BCUT2D eigenvalue weighted by Gasteiger charge is 2.17. The van der Waals surface area contributed by atoms with Crippen molar-refractivity contribution in [1.29, 1.82) is 0 Å². The molecule has 0 aromatic heterocycles. The molecule has 18 heavy (non-hydrogen) atoms. The Hall–Kier alpha value is -1.43. The van der Waals surface area contributed by atoms with Gasteiger partial charge in [-0.2, -0.15) is 8.42 Å². The smallest absolute Gasteiger partial charge is 0.325 e. The van der Waals surface area contributed by atoms with Crippen molar-refractivity contribution in [2.24, 2.45) is 0 Å². The molecule has 1 N–H and O–H groups in total. The molecule has 4 nitrogen and oxygen atoms in total. The average Bonchev–Trinajstić information content (AvgIpc) is 2.28. The van der Waals surface area contributed by atoms with Crippen LogP contribution in [0.5, 0.6) is 0 Å². The molecular weight excluding hydrogens is 257 g/mol. The lowest BCUT2D eigenvalue weighted by molar-refractivity contribution is -0.116. The topological polar surface area (TPSA) is 63.2 Å². The molecule has 0 aliphatic heterocycles. The molecule has 0 heterocycles. The molecule has 0 aliphatic rings. The predicted octanol–water partition coefficient (Wildman–Crippen LogP) is 2.86. The summed E-state index contributed by atoms with van der Waals surface area (Å²) in [7, 11) is -4.82. The van der Waals surface area contributed by atoms with Crippen LogP contribution >= 0.6 is 0 Å². The first kappa shape index (κ1) is 14.6. The van der Waals surface area contributed by atoms with Gasteiger partial charge in [-0.05, 0) is 18.6 Å². The van der Waals surface area contributed by atoms with E-state index in [1.54, 1.807) is 0 Å². The summed E-state index contributed by atoms with van der Waals surface area (Å²) in [5.41, 5.74) is -0.0125. The van der Waals surface area contributed by atoms with Crippen LogP contribution in [0.25, 0.3) is 0 Å². The Morgan fingerprint density at radius 3 is 2.56 bits per heavy atom. The molecule has 100 valence electrons. The molecule has 0 atom stereocenters. The minimum Gasteiger partial charge on any atom is -0.325 e. The second-order valence-electron chi connectivity index (χ2n) is 3.94. The number of hydrogen-bond donors (Lipinski definition) is 1. The Morgan fingerprint density at radius 2 is 1.94 bits per heavy atom. The Balaban J connectivity index is 2.76. The van der Waals surface area contributed by atoms with Crippen LogP contribution in [0.4, 0.5) is 9.57 Å². The van der Waals surface area contributed by atoms with Crippen LogP contribution < -0.4 is 5.32 Å². The number of benzene rings is 1. The first-order valence-electron chi connectivity index (χ1n) is 5.78. The number of anilines is 1. The predicted molar refractivity (Wildman–Crippen MR) is 67.5 cm³/mol. The Kier molecular flexibility index (Phi) is 5.27. The Bertz CT molecular complexity index is 514. The molecular formula is C12H16FNO3S. The maximum absolute atomic E-state index is 13.0. The van der Waals surface area contributed by atoms with Gasteiger partial charge >= 0.3 is 10.2 Å². The highest BCUT2D eigenvalue weighted by Crippen LogP contribution is 2.22. The van der Waals surface area contributed by atoms with Gasteiger partial charge in [-0.15, -0.1) is 3.89 Å². The Labute approximate surface area is 106 Å². The summed E-state index contributed by atoms with van der Waals surface area (Å²) in [6.45, 7) is 2.02. The van der Waals surface area contributed by atoms with E-state index in [4.69, 9.17) is 0 Å². The van der Waals surface area contributed by atoms with Crippen molar-refractivity contribution in [1.82, 2.24) is 0 Å². The van der Waals surface area contributed by atoms with Gasteiger partial charge in [0.1, 0.15) is 4.90 Å². The maximum atomic E-state index is 13.0. The van der Waals surface area contributed by atoms with Gasteiger partial charge in [-0.1, -0.05) is 31.9 Å². The summed E-state index contributed by atoms with van der Waals surface area (Å²) in [5, 5.41) is 2.42. The van der Waals surface area contributed by atoms with E-state index in [-0.39, 0.29) is 11.6 Å². The molecule has 0 fully saturated rings. The minimum absolute atomic E-state index is 0.0125. The van der Waals surface area contributed by atoms with E-state index >= 15 is 0 Å². The van der Waals surface area contributed by atoms with Crippen LogP contribution in [0.1, 0.15) is 32.6 Å². The first-order valence-corrected chi connectivity index (χ1v) is 7.17. The standard InChI is InChI=1S/C12H16FNO3S/c1-2-3-4-9-12(15)14-10-7-5-6-8-11(10)18(13,16)17/h5-8H,2-4,9H2,1H3,(H,14,15). The molecule has 0 aliphatic carbocycles. The van der Waals surface area contributed by atoms with Gasteiger partial charge in [0.25, 0.3) is 0 Å². The number of hydrogen-bond acceptors (Lipinski definition) is 3. The van der Waals surface area contributed by atoms with E-state index in [0.717, 1.165) is 25.3 Å². The van der Waals surface area contributed by atoms with E-state index in [2.05, 4.69) is 5.32 Å². The highest BCUT2D eigenvalue weighted by molar-refractivity contribution is 7.86. The largest absolute Gasteiger partial charge is 0.334 e. The third-order valence-corrected chi connectivity index (χ3v) is 3.31. The van der Waals surface area contributed by atoms with Gasteiger partial charge in [0.15, 0.2) is 0 Å². The molecule has 0 radical (unpaired) electrons. The molecule has 0 spiro atoms. The molecule has 0 saturated heterocycles. The maximum Gasteiger partial charge on any atom is 0.334 e. The van der Waals surface area contributed by atoms with Crippen molar-refractivity contribution in [2.45, 2.75) is 37.5 Å². The molecule has 1 aromatic carbocycles. The number of amides is 1. The van der Waals surface area contributed by atoms with Crippen molar-refractivity contribution in [3.63, 3.8) is 0 Å². The summed E-state index contributed by atoms with van der Waals surface area (Å²) in [6, 6.07) is 5.43. The van der Waals surface area contributed by atoms with Crippen LogP contribution in [0, 0.1) is 0 Å². The Morgan fingerprint density at radius 1 is 1.28 bits per heavy atom. The molecule has 1 amide bonds. The number of para-hydroxylation sites is 1. The number of halogens is 1. The first-order chi connectivity index (χ1) is 8.45. The van der Waals surface area contributed by atoms with Crippen LogP contribution in [0.15, 0.2) is 29.2 Å². The molecule has 1 aromatic rings. The fourth-order valence-electron chi connectivity index (χ4n) is 1.53. The fraction of sp³-hybridized carbons (Fsp3) is 0.417. The second-order valence-corrected chi connectivity index (χ2v) is 5.25. The summed E-state index contributed by atoms with van der Waals surface area (Å²) in [6.07, 6.45) is 2.95. The van der Waals surface area contributed by atoms with Crippen molar-refractivity contribution >= 4 is 21.8 Å². The van der Waals surface area contributed by atoms with Crippen molar-refractivity contribution in [3.05, 3.63) is 24.3 Å². The monoisotopic (exact) mass is 273 g/mol.